The number of guanidine groups is 1. The first-order valence-electron chi connectivity index (χ1n) is 8.39. The van der Waals surface area contributed by atoms with Crippen molar-refractivity contribution in [1.82, 2.24) is 20.4 Å². The third-order valence-electron chi connectivity index (χ3n) is 3.48. The van der Waals surface area contributed by atoms with Gasteiger partial charge in [0.05, 0.1) is 13.1 Å². The van der Waals surface area contributed by atoms with Crippen LogP contribution in [0.4, 0.5) is 0 Å². The van der Waals surface area contributed by atoms with Gasteiger partial charge in [0.2, 0.25) is 0 Å². The maximum absolute atomic E-state index is 4.67. The largest absolute Gasteiger partial charge is 0.357 e. The molecule has 0 spiro atoms. The van der Waals surface area contributed by atoms with Crippen LogP contribution in [0.5, 0.6) is 0 Å². The van der Waals surface area contributed by atoms with Gasteiger partial charge in [-0.2, -0.15) is 5.10 Å². The summed E-state index contributed by atoms with van der Waals surface area (Å²) in [5, 5.41) is 10.9. The topological polar surface area (TPSA) is 54.2 Å². The molecule has 0 fully saturated rings. The van der Waals surface area contributed by atoms with E-state index in [2.05, 4.69) is 58.8 Å². The number of benzene rings is 1. The number of unbranched alkanes of at least 4 members (excludes halogenated alkanes) is 1. The number of aromatic nitrogens is 2. The fourth-order valence-corrected chi connectivity index (χ4v) is 2.30. The fraction of sp³-hybridized carbons (Fsp3) is 0.444. The highest BCUT2D eigenvalue weighted by Crippen LogP contribution is 2.08. The molecule has 1 aromatic heterocycles. The van der Waals surface area contributed by atoms with Crippen molar-refractivity contribution in [2.24, 2.45) is 4.99 Å². The summed E-state index contributed by atoms with van der Waals surface area (Å²) in [4.78, 5) is 4.67. The molecule has 0 saturated carbocycles. The minimum Gasteiger partial charge on any atom is -0.357 e. The van der Waals surface area contributed by atoms with Gasteiger partial charge in [-0.05, 0) is 30.5 Å². The third kappa shape index (κ3) is 7.33. The van der Waals surface area contributed by atoms with Gasteiger partial charge in [-0.25, -0.2) is 4.99 Å². The van der Waals surface area contributed by atoms with E-state index in [4.69, 9.17) is 0 Å². The molecule has 2 rings (SSSR count). The van der Waals surface area contributed by atoms with Crippen LogP contribution in [-0.2, 0) is 13.1 Å². The molecule has 2 aromatic rings. The highest BCUT2D eigenvalue weighted by Gasteiger charge is 2.00. The Morgan fingerprint density at radius 1 is 1.17 bits per heavy atom. The lowest BCUT2D eigenvalue weighted by Crippen LogP contribution is -2.37. The molecule has 0 atom stereocenters. The molecule has 1 aromatic carbocycles. The lowest BCUT2D eigenvalue weighted by molar-refractivity contribution is 0.686. The quantitative estimate of drug-likeness (QED) is 0.286. The maximum atomic E-state index is 4.67. The minimum absolute atomic E-state index is 0. The van der Waals surface area contributed by atoms with Crippen LogP contribution >= 0.6 is 24.0 Å². The van der Waals surface area contributed by atoms with Crippen LogP contribution in [0.15, 0.2) is 47.7 Å². The molecule has 2 N–H and O–H groups in total. The van der Waals surface area contributed by atoms with E-state index in [0.29, 0.717) is 6.54 Å². The minimum atomic E-state index is 0. The van der Waals surface area contributed by atoms with Gasteiger partial charge in [-0.1, -0.05) is 37.6 Å². The number of nitrogens with zero attached hydrogens (tertiary/aromatic N) is 3. The van der Waals surface area contributed by atoms with E-state index in [9.17, 15) is 0 Å². The van der Waals surface area contributed by atoms with E-state index < -0.39 is 0 Å². The number of hydrogen-bond acceptors (Lipinski definition) is 2. The molecular weight excluding hydrogens is 413 g/mol. The van der Waals surface area contributed by atoms with Crippen LogP contribution in [0.1, 0.15) is 37.8 Å². The zero-order valence-corrected chi connectivity index (χ0v) is 16.9. The van der Waals surface area contributed by atoms with Crippen LogP contribution in [0.2, 0.25) is 0 Å². The summed E-state index contributed by atoms with van der Waals surface area (Å²) in [6.45, 7) is 7.57. The van der Waals surface area contributed by atoms with E-state index >= 15 is 0 Å². The molecule has 1 heterocycles. The normalized spacial score (nSPS) is 11.0. The summed E-state index contributed by atoms with van der Waals surface area (Å²) in [6.07, 6.45) is 6.12. The summed E-state index contributed by atoms with van der Waals surface area (Å²) >= 11 is 0. The molecule has 0 bridgehead atoms. The molecule has 0 saturated heterocycles. The molecule has 0 aliphatic rings. The van der Waals surface area contributed by atoms with E-state index in [-0.39, 0.29) is 24.0 Å². The Bertz CT molecular complexity index is 595. The molecule has 0 unspecified atom stereocenters. The van der Waals surface area contributed by atoms with Gasteiger partial charge in [0.25, 0.3) is 0 Å². The predicted octanol–water partition coefficient (Wildman–Crippen LogP) is 3.40. The average Bonchev–Trinajstić information content (AvgIpc) is 3.06. The third-order valence-corrected chi connectivity index (χ3v) is 3.48. The van der Waals surface area contributed by atoms with E-state index in [0.717, 1.165) is 32.0 Å². The maximum Gasteiger partial charge on any atom is 0.191 e. The number of nitrogens with one attached hydrogen (secondary N) is 2. The van der Waals surface area contributed by atoms with Gasteiger partial charge in [0, 0.05) is 25.5 Å². The molecule has 132 valence electrons. The Labute approximate surface area is 162 Å². The molecule has 0 amide bonds. The first-order chi connectivity index (χ1) is 11.3. The Morgan fingerprint density at radius 3 is 2.71 bits per heavy atom. The van der Waals surface area contributed by atoms with Gasteiger partial charge in [0.1, 0.15) is 0 Å². The highest BCUT2D eigenvalue weighted by atomic mass is 127. The standard InChI is InChI=1S/C18H27N5.HI/c1-3-5-10-20-18(19-4-2)21-14-16-8-6-9-17(13-16)15-23-12-7-11-22-23;/h6-9,11-13H,3-5,10,14-15H2,1-2H3,(H2,19,20,21);1H. The summed E-state index contributed by atoms with van der Waals surface area (Å²) in [6, 6.07) is 10.5. The first-order valence-corrected chi connectivity index (χ1v) is 8.39. The summed E-state index contributed by atoms with van der Waals surface area (Å²) in [5.74, 6) is 0.887. The van der Waals surface area contributed by atoms with E-state index in [1.165, 1.54) is 17.5 Å². The van der Waals surface area contributed by atoms with Crippen molar-refractivity contribution in [3.63, 3.8) is 0 Å². The van der Waals surface area contributed by atoms with Crippen molar-refractivity contribution in [2.75, 3.05) is 13.1 Å². The van der Waals surface area contributed by atoms with Crippen LogP contribution in [-0.4, -0.2) is 28.8 Å². The first kappa shape index (κ1) is 20.5. The lowest BCUT2D eigenvalue weighted by atomic mass is 10.1. The highest BCUT2D eigenvalue weighted by molar-refractivity contribution is 14.0. The predicted molar refractivity (Wildman–Crippen MR) is 111 cm³/mol. The van der Waals surface area contributed by atoms with Crippen LogP contribution in [0.3, 0.4) is 0 Å². The second-order valence-electron chi connectivity index (χ2n) is 5.50. The van der Waals surface area contributed by atoms with Crippen molar-refractivity contribution in [2.45, 2.75) is 39.8 Å². The van der Waals surface area contributed by atoms with Gasteiger partial charge in [0.15, 0.2) is 5.96 Å². The zero-order valence-electron chi connectivity index (χ0n) is 14.5. The SMILES string of the molecule is CCCCNC(=NCc1cccc(Cn2cccn2)c1)NCC.I. The molecule has 0 radical (unpaired) electrons. The molecule has 0 aliphatic heterocycles. The fourth-order valence-electron chi connectivity index (χ4n) is 2.30. The van der Waals surface area contributed by atoms with Crippen LogP contribution in [0.25, 0.3) is 0 Å². The van der Waals surface area contributed by atoms with Gasteiger partial charge in [-0.3, -0.25) is 4.68 Å². The Kier molecular flexibility index (Phi) is 10.1. The van der Waals surface area contributed by atoms with Crippen molar-refractivity contribution in [1.29, 1.82) is 0 Å². The zero-order chi connectivity index (χ0) is 16.3. The summed E-state index contributed by atoms with van der Waals surface area (Å²) in [7, 11) is 0. The van der Waals surface area contributed by atoms with Crippen molar-refractivity contribution in [3.8, 4) is 0 Å². The average molecular weight is 441 g/mol. The van der Waals surface area contributed by atoms with Crippen LogP contribution < -0.4 is 10.6 Å². The molecule has 6 heteroatoms. The van der Waals surface area contributed by atoms with Crippen LogP contribution in [0, 0.1) is 0 Å². The smallest absolute Gasteiger partial charge is 0.191 e. The van der Waals surface area contributed by atoms with Gasteiger partial charge in [-0.15, -0.1) is 24.0 Å². The molecule has 24 heavy (non-hydrogen) atoms. The molecule has 0 aliphatic carbocycles. The van der Waals surface area contributed by atoms with Crippen molar-refractivity contribution < 1.29 is 0 Å². The van der Waals surface area contributed by atoms with E-state index in [1.54, 1.807) is 6.20 Å². The van der Waals surface area contributed by atoms with E-state index in [1.807, 2.05) is 16.9 Å². The number of hydrogen-bond donors (Lipinski definition) is 2. The number of aliphatic imine (C=N–C) groups is 1. The Hall–Kier alpha value is -1.57. The molecular formula is C18H28IN5. The second-order valence-corrected chi connectivity index (χ2v) is 5.50. The monoisotopic (exact) mass is 441 g/mol. The van der Waals surface area contributed by atoms with Gasteiger partial charge < -0.3 is 10.6 Å². The lowest BCUT2D eigenvalue weighted by Gasteiger charge is -2.11. The summed E-state index contributed by atoms with van der Waals surface area (Å²) < 4.78 is 1.93. The summed E-state index contributed by atoms with van der Waals surface area (Å²) in [5.41, 5.74) is 2.45. The van der Waals surface area contributed by atoms with Gasteiger partial charge >= 0.3 is 0 Å². The molecule has 5 nitrogen and oxygen atoms in total. The Morgan fingerprint density at radius 2 is 2.00 bits per heavy atom. The van der Waals surface area contributed by atoms with Crippen molar-refractivity contribution >= 4 is 29.9 Å². The number of halogens is 1. The second kappa shape index (κ2) is 11.9. The Balaban J connectivity index is 0.00000288. The van der Waals surface area contributed by atoms with Crippen molar-refractivity contribution in [3.05, 3.63) is 53.9 Å². The number of rotatable bonds is 8.